The van der Waals surface area contributed by atoms with Crippen LogP contribution in [0, 0.1) is 35.5 Å². The van der Waals surface area contributed by atoms with E-state index in [0.29, 0.717) is 0 Å². The number of hydrogen-bond acceptors (Lipinski definition) is 0. The van der Waals surface area contributed by atoms with Crippen LogP contribution in [0.3, 0.4) is 0 Å². The minimum Gasteiger partial charge on any atom is -0.0808 e. The van der Waals surface area contributed by atoms with Gasteiger partial charge in [0.25, 0.3) is 0 Å². The van der Waals surface area contributed by atoms with Crippen LogP contribution in [0.25, 0.3) is 0 Å². The summed E-state index contributed by atoms with van der Waals surface area (Å²) in [5, 5.41) is 0. The highest BCUT2D eigenvalue weighted by molar-refractivity contribution is 6.80. The summed E-state index contributed by atoms with van der Waals surface area (Å²) < 4.78 is 0. The molecule has 0 aliphatic heterocycles. The smallest absolute Gasteiger partial charge is 0.0548 e. The third-order valence-corrected chi connectivity index (χ3v) is 13.4. The molecular weight excluding hydrogens is 316 g/mol. The maximum absolute atomic E-state index is 2.75. The van der Waals surface area contributed by atoms with Crippen LogP contribution in [0.1, 0.15) is 39.5 Å². The van der Waals surface area contributed by atoms with Crippen LogP contribution < -0.4 is 0 Å². The summed E-state index contributed by atoms with van der Waals surface area (Å²) in [6, 6.07) is 0. The van der Waals surface area contributed by atoms with Crippen molar-refractivity contribution in [1.29, 1.82) is 0 Å². The van der Waals surface area contributed by atoms with E-state index in [-0.39, 0.29) is 0 Å². The van der Waals surface area contributed by atoms with Crippen molar-refractivity contribution < 1.29 is 0 Å². The lowest BCUT2D eigenvalue weighted by molar-refractivity contribution is 0.390. The Kier molecular flexibility index (Phi) is 4.73. The molecule has 4 rings (SSSR count). The van der Waals surface area contributed by atoms with Crippen LogP contribution in [0.15, 0.2) is 48.6 Å². The molecule has 0 heterocycles. The zero-order chi connectivity index (χ0) is 17.6. The minimum absolute atomic E-state index is 0.812. The second-order valence-corrected chi connectivity index (χ2v) is 15.0. The van der Waals surface area contributed by atoms with E-state index in [1.54, 1.807) is 0 Å². The van der Waals surface area contributed by atoms with Gasteiger partial charge in [-0.15, -0.1) is 0 Å². The fourth-order valence-corrected chi connectivity index (χ4v) is 12.1. The van der Waals surface area contributed by atoms with Crippen molar-refractivity contribution in [2.75, 3.05) is 0 Å². The molecule has 0 spiro atoms. The van der Waals surface area contributed by atoms with Gasteiger partial charge in [-0.2, -0.15) is 0 Å². The monoisotopic (exact) mass is 352 g/mol. The van der Waals surface area contributed by atoms with Gasteiger partial charge in [0.15, 0.2) is 0 Å². The maximum Gasteiger partial charge on any atom is 0.0548 e. The molecular formula is C24H36Si. The predicted molar refractivity (Wildman–Crippen MR) is 112 cm³/mol. The fourth-order valence-electron chi connectivity index (χ4n) is 7.04. The Morgan fingerprint density at radius 1 is 0.760 bits per heavy atom. The largest absolute Gasteiger partial charge is 0.0808 e. The molecule has 2 fully saturated rings. The quantitative estimate of drug-likeness (QED) is 0.477. The van der Waals surface area contributed by atoms with E-state index in [1.165, 1.54) is 25.7 Å². The molecule has 8 unspecified atom stereocenters. The molecule has 0 aromatic rings. The van der Waals surface area contributed by atoms with Gasteiger partial charge in [-0.25, -0.2) is 0 Å². The Labute approximate surface area is 156 Å². The highest BCUT2D eigenvalue weighted by Gasteiger charge is 2.55. The molecule has 0 bridgehead atoms. The molecule has 0 nitrogen and oxygen atoms in total. The predicted octanol–water partition coefficient (Wildman–Crippen LogP) is 7.01. The van der Waals surface area contributed by atoms with Crippen molar-refractivity contribution >= 4 is 8.07 Å². The first-order chi connectivity index (χ1) is 12.0. The van der Waals surface area contributed by atoms with Gasteiger partial charge < -0.3 is 0 Å². The normalized spacial score (nSPS) is 45.0. The Bertz CT molecular complexity index is 608. The average Bonchev–Trinajstić information content (AvgIpc) is 3.16. The molecule has 0 radical (unpaired) electrons. The van der Waals surface area contributed by atoms with Crippen molar-refractivity contribution in [3.63, 3.8) is 0 Å². The lowest BCUT2D eigenvalue weighted by atomic mass is 9.84. The van der Waals surface area contributed by atoms with Gasteiger partial charge in [-0.1, -0.05) is 88.4 Å². The molecule has 136 valence electrons. The Balaban J connectivity index is 1.61. The van der Waals surface area contributed by atoms with Crippen molar-refractivity contribution in [3.05, 3.63) is 48.6 Å². The average molecular weight is 353 g/mol. The summed E-state index contributed by atoms with van der Waals surface area (Å²) in [6.45, 7) is 10.4. The van der Waals surface area contributed by atoms with Gasteiger partial charge in [-0.3, -0.25) is 0 Å². The lowest BCUT2D eigenvalue weighted by Crippen LogP contribution is -2.42. The van der Waals surface area contributed by atoms with Gasteiger partial charge in [0.1, 0.15) is 0 Å². The molecule has 0 saturated heterocycles. The summed E-state index contributed by atoms with van der Waals surface area (Å²) in [5.41, 5.74) is 1.95. The van der Waals surface area contributed by atoms with Crippen molar-refractivity contribution in [3.8, 4) is 0 Å². The Morgan fingerprint density at radius 2 is 1.28 bits per heavy atom. The topological polar surface area (TPSA) is 0 Å². The standard InChI is InChI=1S/C24H36Si/c1-5-10-18-16-24(22-14-9-7-12-20(18)22)25(3,4)23-15-17(2)19-11-6-8-13-21(19)23/h6-9,11-14,17-24H,5,10,15-16H2,1-4H3. The number of allylic oxidation sites excluding steroid dienone is 8. The minimum atomic E-state index is -1.34. The highest BCUT2D eigenvalue weighted by Crippen LogP contribution is 2.61. The molecule has 25 heavy (non-hydrogen) atoms. The number of hydrogen-bond donors (Lipinski definition) is 0. The lowest BCUT2D eigenvalue weighted by Gasteiger charge is -2.42. The number of fused-ring (bicyclic) bond motifs is 2. The summed E-state index contributed by atoms with van der Waals surface area (Å²) in [7, 11) is -1.34. The molecule has 2 saturated carbocycles. The first-order valence-corrected chi connectivity index (χ1v) is 13.9. The van der Waals surface area contributed by atoms with Crippen LogP contribution >= 0.6 is 0 Å². The van der Waals surface area contributed by atoms with E-state index in [1.807, 2.05) is 0 Å². The summed E-state index contributed by atoms with van der Waals surface area (Å²) in [4.78, 5) is 0. The summed E-state index contributed by atoms with van der Waals surface area (Å²) in [5.74, 6) is 5.11. The zero-order valence-corrected chi connectivity index (χ0v) is 17.6. The molecule has 0 N–H and O–H groups in total. The molecule has 0 aromatic heterocycles. The van der Waals surface area contributed by atoms with Gasteiger partial charge in [0.2, 0.25) is 0 Å². The summed E-state index contributed by atoms with van der Waals surface area (Å²) in [6.07, 6.45) is 25.3. The Morgan fingerprint density at radius 3 is 1.92 bits per heavy atom. The Hall–Kier alpha value is -0.823. The van der Waals surface area contributed by atoms with Crippen LogP contribution in [0.2, 0.25) is 24.2 Å². The molecule has 8 atom stereocenters. The van der Waals surface area contributed by atoms with Crippen LogP contribution in [-0.2, 0) is 0 Å². The van der Waals surface area contributed by atoms with Gasteiger partial charge >= 0.3 is 0 Å². The van der Waals surface area contributed by atoms with E-state index < -0.39 is 8.07 Å². The van der Waals surface area contributed by atoms with E-state index in [4.69, 9.17) is 0 Å². The first-order valence-electron chi connectivity index (χ1n) is 10.7. The highest BCUT2D eigenvalue weighted by atomic mass is 28.3. The fraction of sp³-hybridized carbons (Fsp3) is 0.667. The number of rotatable bonds is 4. The van der Waals surface area contributed by atoms with Crippen molar-refractivity contribution in [2.24, 2.45) is 35.5 Å². The maximum atomic E-state index is 2.75. The molecule has 4 aliphatic carbocycles. The molecule has 1 heteroatoms. The van der Waals surface area contributed by atoms with Gasteiger partial charge in [-0.05, 0) is 59.4 Å². The summed E-state index contributed by atoms with van der Waals surface area (Å²) >= 11 is 0. The second kappa shape index (κ2) is 6.72. The molecule has 0 amide bonds. The SMILES string of the molecule is CCCC1CC([Si](C)(C)C2CC(C)C3C=CC=CC32)C2C=CC=CC12. The van der Waals surface area contributed by atoms with Gasteiger partial charge in [0.05, 0.1) is 8.07 Å². The van der Waals surface area contributed by atoms with Crippen LogP contribution in [0.5, 0.6) is 0 Å². The van der Waals surface area contributed by atoms with E-state index >= 15 is 0 Å². The van der Waals surface area contributed by atoms with E-state index in [9.17, 15) is 0 Å². The van der Waals surface area contributed by atoms with E-state index in [0.717, 1.165) is 46.6 Å². The van der Waals surface area contributed by atoms with E-state index in [2.05, 4.69) is 75.5 Å². The van der Waals surface area contributed by atoms with Crippen molar-refractivity contribution in [2.45, 2.75) is 63.7 Å². The zero-order valence-electron chi connectivity index (χ0n) is 16.6. The van der Waals surface area contributed by atoms with Crippen LogP contribution in [0.4, 0.5) is 0 Å². The third-order valence-electron chi connectivity index (χ3n) is 8.33. The van der Waals surface area contributed by atoms with Gasteiger partial charge in [0, 0.05) is 0 Å². The van der Waals surface area contributed by atoms with Crippen molar-refractivity contribution in [1.82, 2.24) is 0 Å². The molecule has 4 aliphatic rings. The van der Waals surface area contributed by atoms with Crippen LogP contribution in [-0.4, -0.2) is 8.07 Å². The molecule has 0 aromatic carbocycles. The second-order valence-electron chi connectivity index (χ2n) is 9.88. The first kappa shape index (κ1) is 17.6. The third kappa shape index (κ3) is 2.87.